The van der Waals surface area contributed by atoms with Gasteiger partial charge in [0.1, 0.15) is 5.76 Å². The Morgan fingerprint density at radius 1 is 1.25 bits per heavy atom. The van der Waals surface area contributed by atoms with E-state index in [4.69, 9.17) is 4.42 Å². The van der Waals surface area contributed by atoms with Gasteiger partial charge >= 0.3 is 0 Å². The van der Waals surface area contributed by atoms with Crippen molar-refractivity contribution in [1.82, 2.24) is 14.9 Å². The van der Waals surface area contributed by atoms with Crippen LogP contribution in [0.1, 0.15) is 40.7 Å². The number of amides is 1. The van der Waals surface area contributed by atoms with Gasteiger partial charge in [-0.2, -0.15) is 0 Å². The molecule has 3 aromatic heterocycles. The Bertz CT molecular complexity index is 1360. The molecule has 0 fully saturated rings. The van der Waals surface area contributed by atoms with Gasteiger partial charge in [0.25, 0.3) is 0 Å². The number of carbonyl (C=O) groups is 1. The lowest BCUT2D eigenvalue weighted by Crippen LogP contribution is -2.36. The highest BCUT2D eigenvalue weighted by molar-refractivity contribution is 5.86. The van der Waals surface area contributed by atoms with E-state index in [1.54, 1.807) is 31.5 Å². The molecule has 32 heavy (non-hydrogen) atoms. The summed E-state index contributed by atoms with van der Waals surface area (Å²) in [6, 6.07) is 12.9. The molecular formula is C25H23N3O4. The van der Waals surface area contributed by atoms with Gasteiger partial charge in [0.05, 0.1) is 12.5 Å². The van der Waals surface area contributed by atoms with E-state index in [1.807, 2.05) is 23.1 Å². The van der Waals surface area contributed by atoms with E-state index < -0.39 is 17.1 Å². The molecule has 0 saturated carbocycles. The van der Waals surface area contributed by atoms with Gasteiger partial charge in [-0.25, -0.2) is 0 Å². The van der Waals surface area contributed by atoms with Crippen molar-refractivity contribution in [3.05, 3.63) is 93.4 Å². The first kappa shape index (κ1) is 20.1. The Morgan fingerprint density at radius 3 is 2.84 bits per heavy atom. The highest BCUT2D eigenvalue weighted by Crippen LogP contribution is 2.34. The molecule has 4 heterocycles. The number of aromatic amines is 1. The summed E-state index contributed by atoms with van der Waals surface area (Å²) in [5.41, 5.74) is 3.62. The monoisotopic (exact) mass is 429 g/mol. The molecule has 1 aromatic carbocycles. The number of H-pyrrole nitrogens is 1. The highest BCUT2D eigenvalue weighted by atomic mass is 16.4. The molecule has 0 spiro atoms. The quantitative estimate of drug-likeness (QED) is 0.516. The number of carbonyl (C=O) groups excluding carboxylic acids is 1. The molecule has 1 amide bonds. The number of benzene rings is 1. The molecule has 0 bridgehead atoms. The average Bonchev–Trinajstić information content (AvgIpc) is 3.18. The van der Waals surface area contributed by atoms with E-state index in [0.29, 0.717) is 18.8 Å². The molecule has 4 aromatic rings. The number of para-hydroxylation sites is 1. The van der Waals surface area contributed by atoms with E-state index in [9.17, 15) is 14.7 Å². The van der Waals surface area contributed by atoms with Gasteiger partial charge in [-0.05, 0) is 42.7 Å². The topological polar surface area (TPSA) is 99.4 Å². The summed E-state index contributed by atoms with van der Waals surface area (Å²) in [5, 5.41) is 11.6. The van der Waals surface area contributed by atoms with Crippen LogP contribution in [0, 0.1) is 6.92 Å². The molecular weight excluding hydrogens is 406 g/mol. The van der Waals surface area contributed by atoms with Crippen LogP contribution >= 0.6 is 0 Å². The van der Waals surface area contributed by atoms with Crippen LogP contribution < -0.4 is 5.43 Å². The minimum absolute atomic E-state index is 0.0690. The smallest absolute Gasteiger partial charge is 0.227 e. The minimum atomic E-state index is -0.595. The summed E-state index contributed by atoms with van der Waals surface area (Å²) in [5.74, 6) is -0.628. The van der Waals surface area contributed by atoms with E-state index >= 15 is 0 Å². The van der Waals surface area contributed by atoms with Crippen LogP contribution in [-0.4, -0.2) is 32.4 Å². The predicted molar refractivity (Wildman–Crippen MR) is 119 cm³/mol. The summed E-state index contributed by atoms with van der Waals surface area (Å²) in [6.45, 7) is 2.76. The standard InChI is InChI=1S/C25H23N3O4/c1-15-12-22(29)24(31)25(32-15)19(16-6-9-26-10-7-16)13-23(30)28-11-8-18-17-4-2-3-5-20(17)27-21(18)14-28/h2-7,9-10,12,19,27,31H,8,11,13-14H2,1H3. The first-order valence-electron chi connectivity index (χ1n) is 10.6. The fraction of sp³-hybridized carbons (Fsp3) is 0.240. The number of hydrogen-bond donors (Lipinski definition) is 2. The zero-order valence-corrected chi connectivity index (χ0v) is 17.7. The van der Waals surface area contributed by atoms with Gasteiger partial charge in [0, 0.05) is 48.0 Å². The van der Waals surface area contributed by atoms with Crippen molar-refractivity contribution in [3.8, 4) is 5.75 Å². The van der Waals surface area contributed by atoms with Gasteiger partial charge in [0.15, 0.2) is 5.76 Å². The van der Waals surface area contributed by atoms with Crippen molar-refractivity contribution in [2.75, 3.05) is 6.54 Å². The Kier molecular flexibility index (Phi) is 5.01. The molecule has 1 aliphatic heterocycles. The summed E-state index contributed by atoms with van der Waals surface area (Å²) in [6.07, 6.45) is 4.08. The Hall–Kier alpha value is -3.87. The highest BCUT2D eigenvalue weighted by Gasteiger charge is 2.30. The molecule has 2 N–H and O–H groups in total. The van der Waals surface area contributed by atoms with Gasteiger partial charge < -0.3 is 19.4 Å². The fourth-order valence-electron chi connectivity index (χ4n) is 4.53. The number of aryl methyl sites for hydroxylation is 1. The Morgan fingerprint density at radius 2 is 2.03 bits per heavy atom. The Balaban J connectivity index is 1.45. The van der Waals surface area contributed by atoms with Crippen LogP contribution in [0.2, 0.25) is 0 Å². The molecule has 7 heteroatoms. The Labute approximate surface area is 184 Å². The van der Waals surface area contributed by atoms with Crippen molar-refractivity contribution in [3.63, 3.8) is 0 Å². The SMILES string of the molecule is Cc1cc(=O)c(O)c(C(CC(=O)N2CCc3c([nH]c4ccccc34)C2)c2ccncc2)o1. The fourth-order valence-corrected chi connectivity index (χ4v) is 4.53. The third kappa shape index (κ3) is 3.56. The normalized spacial score (nSPS) is 14.3. The number of hydrogen-bond acceptors (Lipinski definition) is 5. The third-order valence-corrected chi connectivity index (χ3v) is 6.11. The number of nitrogens with one attached hydrogen (secondary N) is 1. The average molecular weight is 429 g/mol. The van der Waals surface area contributed by atoms with Crippen LogP contribution in [0.4, 0.5) is 0 Å². The second kappa shape index (κ2) is 8.00. The van der Waals surface area contributed by atoms with E-state index in [0.717, 1.165) is 23.2 Å². The first-order chi connectivity index (χ1) is 15.5. The maximum absolute atomic E-state index is 13.4. The van der Waals surface area contributed by atoms with E-state index in [-0.39, 0.29) is 18.1 Å². The lowest BCUT2D eigenvalue weighted by molar-refractivity contribution is -0.132. The molecule has 162 valence electrons. The maximum Gasteiger partial charge on any atom is 0.227 e. The molecule has 1 atom stereocenters. The number of fused-ring (bicyclic) bond motifs is 3. The van der Waals surface area contributed by atoms with E-state index in [1.165, 1.54) is 17.0 Å². The zero-order chi connectivity index (χ0) is 22.2. The second-order valence-corrected chi connectivity index (χ2v) is 8.16. The summed E-state index contributed by atoms with van der Waals surface area (Å²) in [4.78, 5) is 34.8. The lowest BCUT2D eigenvalue weighted by atomic mass is 9.92. The molecule has 5 rings (SSSR count). The van der Waals surface area contributed by atoms with Gasteiger partial charge in [-0.1, -0.05) is 18.2 Å². The molecule has 0 aliphatic carbocycles. The molecule has 1 aliphatic rings. The summed E-state index contributed by atoms with van der Waals surface area (Å²) >= 11 is 0. The van der Waals surface area contributed by atoms with Crippen molar-refractivity contribution in [1.29, 1.82) is 0 Å². The van der Waals surface area contributed by atoms with Gasteiger partial charge in [-0.3, -0.25) is 14.6 Å². The molecule has 7 nitrogen and oxygen atoms in total. The minimum Gasteiger partial charge on any atom is -0.502 e. The van der Waals surface area contributed by atoms with Crippen LogP contribution in [0.5, 0.6) is 5.75 Å². The molecule has 0 saturated heterocycles. The van der Waals surface area contributed by atoms with E-state index in [2.05, 4.69) is 16.0 Å². The summed E-state index contributed by atoms with van der Waals surface area (Å²) < 4.78 is 5.74. The second-order valence-electron chi connectivity index (χ2n) is 8.16. The predicted octanol–water partition coefficient (Wildman–Crippen LogP) is 3.64. The number of aromatic nitrogens is 2. The maximum atomic E-state index is 13.4. The van der Waals surface area contributed by atoms with Crippen LogP contribution in [0.3, 0.4) is 0 Å². The number of rotatable bonds is 4. The first-order valence-corrected chi connectivity index (χ1v) is 10.6. The summed E-state index contributed by atoms with van der Waals surface area (Å²) in [7, 11) is 0. The van der Waals surface area contributed by atoms with Crippen LogP contribution in [0.15, 0.2) is 64.1 Å². The number of pyridine rings is 1. The van der Waals surface area contributed by atoms with Crippen molar-refractivity contribution < 1.29 is 14.3 Å². The zero-order valence-electron chi connectivity index (χ0n) is 17.7. The van der Waals surface area contributed by atoms with Crippen molar-refractivity contribution >= 4 is 16.8 Å². The van der Waals surface area contributed by atoms with Gasteiger partial charge in [-0.15, -0.1) is 0 Å². The largest absolute Gasteiger partial charge is 0.502 e. The molecule has 1 unspecified atom stereocenters. The third-order valence-electron chi connectivity index (χ3n) is 6.11. The number of aromatic hydroxyl groups is 1. The number of nitrogens with zero attached hydrogens (tertiary/aromatic N) is 2. The van der Waals surface area contributed by atoms with Crippen molar-refractivity contribution in [2.45, 2.75) is 32.2 Å². The van der Waals surface area contributed by atoms with Crippen LogP contribution in [0.25, 0.3) is 10.9 Å². The lowest BCUT2D eigenvalue weighted by Gasteiger charge is -2.29. The van der Waals surface area contributed by atoms with Gasteiger partial charge in [0.2, 0.25) is 17.1 Å². The van der Waals surface area contributed by atoms with Crippen LogP contribution in [-0.2, 0) is 17.8 Å². The van der Waals surface area contributed by atoms with Crippen molar-refractivity contribution in [2.24, 2.45) is 0 Å². The molecule has 0 radical (unpaired) electrons.